The standard InChI is InChI=1S/C16H25N3O3/c1-12-9-19(10-13(2)22-12)14(20)5-8-18-15(21)16(11-17)6-3-4-7-16/h12-13H,3-10H2,1-2H3,(H,18,21)/t12-,13-/m1/s1. The topological polar surface area (TPSA) is 82.4 Å². The summed E-state index contributed by atoms with van der Waals surface area (Å²) in [5, 5.41) is 12.0. The van der Waals surface area contributed by atoms with E-state index < -0.39 is 5.41 Å². The van der Waals surface area contributed by atoms with Crippen molar-refractivity contribution in [2.45, 2.75) is 58.2 Å². The van der Waals surface area contributed by atoms with Crippen molar-refractivity contribution >= 4 is 11.8 Å². The summed E-state index contributed by atoms with van der Waals surface area (Å²) in [6, 6.07) is 2.17. The first kappa shape index (κ1) is 16.8. The van der Waals surface area contributed by atoms with Gasteiger partial charge in [0.05, 0.1) is 18.3 Å². The molecule has 2 amide bonds. The number of hydrogen-bond acceptors (Lipinski definition) is 4. The number of nitrogens with one attached hydrogen (secondary N) is 1. The van der Waals surface area contributed by atoms with Crippen LogP contribution < -0.4 is 5.32 Å². The fourth-order valence-corrected chi connectivity index (χ4v) is 3.36. The molecule has 0 bridgehead atoms. The largest absolute Gasteiger partial charge is 0.372 e. The summed E-state index contributed by atoms with van der Waals surface area (Å²) in [5.74, 6) is -0.191. The Hall–Kier alpha value is -1.61. The predicted molar refractivity (Wildman–Crippen MR) is 80.7 cm³/mol. The highest BCUT2D eigenvalue weighted by Gasteiger charge is 2.41. The van der Waals surface area contributed by atoms with Crippen molar-refractivity contribution in [2.75, 3.05) is 19.6 Å². The molecule has 1 aliphatic heterocycles. The number of nitriles is 1. The molecule has 0 aromatic carbocycles. The van der Waals surface area contributed by atoms with Crippen LogP contribution in [-0.4, -0.2) is 48.6 Å². The van der Waals surface area contributed by atoms with Crippen LogP contribution in [0.2, 0.25) is 0 Å². The maximum atomic E-state index is 12.2. The molecule has 2 rings (SSSR count). The quantitative estimate of drug-likeness (QED) is 0.846. The van der Waals surface area contributed by atoms with Crippen LogP contribution in [0.15, 0.2) is 0 Å². The lowest BCUT2D eigenvalue weighted by atomic mass is 9.87. The Kier molecular flexibility index (Phi) is 5.41. The van der Waals surface area contributed by atoms with E-state index in [2.05, 4.69) is 11.4 Å². The minimum absolute atomic E-state index is 0.0275. The number of rotatable bonds is 4. The fraction of sp³-hybridized carbons (Fsp3) is 0.812. The van der Waals surface area contributed by atoms with Crippen LogP contribution in [0.5, 0.6) is 0 Å². The van der Waals surface area contributed by atoms with Crippen LogP contribution in [-0.2, 0) is 14.3 Å². The van der Waals surface area contributed by atoms with Gasteiger partial charge in [0.25, 0.3) is 0 Å². The van der Waals surface area contributed by atoms with E-state index in [1.54, 1.807) is 4.90 Å². The Labute approximate surface area is 131 Å². The second kappa shape index (κ2) is 7.10. The highest BCUT2D eigenvalue weighted by atomic mass is 16.5. The first-order valence-corrected chi connectivity index (χ1v) is 8.09. The molecule has 6 nitrogen and oxygen atoms in total. The fourth-order valence-electron chi connectivity index (χ4n) is 3.36. The molecular formula is C16H25N3O3. The van der Waals surface area contributed by atoms with Gasteiger partial charge in [-0.2, -0.15) is 5.26 Å². The van der Waals surface area contributed by atoms with Crippen molar-refractivity contribution in [1.82, 2.24) is 10.2 Å². The van der Waals surface area contributed by atoms with Crippen molar-refractivity contribution in [3.05, 3.63) is 0 Å². The van der Waals surface area contributed by atoms with Gasteiger partial charge < -0.3 is 15.0 Å². The van der Waals surface area contributed by atoms with Crippen LogP contribution in [0.4, 0.5) is 0 Å². The van der Waals surface area contributed by atoms with E-state index in [0.29, 0.717) is 32.5 Å². The third kappa shape index (κ3) is 3.77. The van der Waals surface area contributed by atoms with E-state index in [4.69, 9.17) is 4.74 Å². The molecule has 1 N–H and O–H groups in total. The summed E-state index contributed by atoms with van der Waals surface area (Å²) in [4.78, 5) is 26.2. The molecule has 6 heteroatoms. The summed E-state index contributed by atoms with van der Waals surface area (Å²) in [5.41, 5.74) is -0.870. The predicted octanol–water partition coefficient (Wildman–Crippen LogP) is 1.21. The highest BCUT2D eigenvalue weighted by Crippen LogP contribution is 2.37. The van der Waals surface area contributed by atoms with E-state index >= 15 is 0 Å². The summed E-state index contributed by atoms with van der Waals surface area (Å²) in [6.07, 6.45) is 3.45. The second-order valence-corrected chi connectivity index (χ2v) is 6.46. The van der Waals surface area contributed by atoms with Crippen molar-refractivity contribution in [1.29, 1.82) is 5.26 Å². The minimum Gasteiger partial charge on any atom is -0.372 e. The second-order valence-electron chi connectivity index (χ2n) is 6.46. The van der Waals surface area contributed by atoms with Crippen molar-refractivity contribution in [2.24, 2.45) is 5.41 Å². The Morgan fingerprint density at radius 3 is 2.41 bits per heavy atom. The first-order chi connectivity index (χ1) is 10.5. The molecule has 1 heterocycles. The van der Waals surface area contributed by atoms with Crippen molar-refractivity contribution < 1.29 is 14.3 Å². The average molecular weight is 307 g/mol. The van der Waals surface area contributed by atoms with Gasteiger partial charge in [-0.05, 0) is 26.7 Å². The molecule has 22 heavy (non-hydrogen) atoms. The molecule has 1 saturated carbocycles. The summed E-state index contributed by atoms with van der Waals surface area (Å²) in [6.45, 7) is 5.39. The molecule has 1 saturated heterocycles. The lowest BCUT2D eigenvalue weighted by Crippen LogP contribution is -2.49. The number of carbonyl (C=O) groups is 2. The van der Waals surface area contributed by atoms with Gasteiger partial charge in [0, 0.05) is 26.1 Å². The molecule has 2 fully saturated rings. The molecular weight excluding hydrogens is 282 g/mol. The summed E-state index contributed by atoms with van der Waals surface area (Å²) < 4.78 is 5.60. The molecule has 0 spiro atoms. The van der Waals surface area contributed by atoms with Gasteiger partial charge in [0.15, 0.2) is 0 Å². The first-order valence-electron chi connectivity index (χ1n) is 8.09. The Balaban J connectivity index is 1.77. The third-order valence-corrected chi connectivity index (χ3v) is 4.50. The maximum absolute atomic E-state index is 12.2. The molecule has 0 unspecified atom stereocenters. The monoisotopic (exact) mass is 307 g/mol. The van der Waals surface area contributed by atoms with Gasteiger partial charge in [0.2, 0.25) is 11.8 Å². The number of ether oxygens (including phenoxy) is 1. The van der Waals surface area contributed by atoms with E-state index in [1.165, 1.54) is 0 Å². The molecule has 2 aliphatic rings. The van der Waals surface area contributed by atoms with E-state index in [9.17, 15) is 14.9 Å². The van der Waals surface area contributed by atoms with Gasteiger partial charge in [-0.15, -0.1) is 0 Å². The van der Waals surface area contributed by atoms with Gasteiger partial charge >= 0.3 is 0 Å². The number of morpholine rings is 1. The number of hydrogen-bond donors (Lipinski definition) is 1. The van der Waals surface area contributed by atoms with Crippen molar-refractivity contribution in [3.8, 4) is 6.07 Å². The van der Waals surface area contributed by atoms with Crippen LogP contribution in [0.1, 0.15) is 46.0 Å². The van der Waals surface area contributed by atoms with E-state index in [1.807, 2.05) is 13.8 Å². The average Bonchev–Trinajstić information content (AvgIpc) is 2.96. The lowest BCUT2D eigenvalue weighted by Gasteiger charge is -2.35. The van der Waals surface area contributed by atoms with Crippen molar-refractivity contribution in [3.63, 3.8) is 0 Å². The molecule has 0 aromatic heterocycles. The zero-order valence-electron chi connectivity index (χ0n) is 13.4. The Bertz CT molecular complexity index is 456. The lowest BCUT2D eigenvalue weighted by molar-refractivity contribution is -0.143. The maximum Gasteiger partial charge on any atom is 0.240 e. The zero-order valence-corrected chi connectivity index (χ0v) is 13.4. The number of amides is 2. The summed E-state index contributed by atoms with van der Waals surface area (Å²) in [7, 11) is 0. The normalized spacial score (nSPS) is 27.2. The number of nitrogens with zero attached hydrogens (tertiary/aromatic N) is 2. The SMILES string of the molecule is C[C@@H]1CN(C(=O)CCNC(=O)C2(C#N)CCCC2)C[C@@H](C)O1. The number of carbonyl (C=O) groups excluding carboxylic acids is 2. The van der Waals surface area contributed by atoms with E-state index in [-0.39, 0.29) is 30.4 Å². The molecule has 2 atom stereocenters. The van der Waals surface area contributed by atoms with Crippen LogP contribution in [0.25, 0.3) is 0 Å². The molecule has 122 valence electrons. The van der Waals surface area contributed by atoms with Gasteiger partial charge in [-0.3, -0.25) is 9.59 Å². The zero-order chi connectivity index (χ0) is 16.2. The molecule has 1 aliphatic carbocycles. The van der Waals surface area contributed by atoms with Gasteiger partial charge in [-0.1, -0.05) is 12.8 Å². The highest BCUT2D eigenvalue weighted by molar-refractivity contribution is 5.86. The Morgan fingerprint density at radius 1 is 1.27 bits per heavy atom. The third-order valence-electron chi connectivity index (χ3n) is 4.50. The van der Waals surface area contributed by atoms with Crippen LogP contribution >= 0.6 is 0 Å². The van der Waals surface area contributed by atoms with E-state index in [0.717, 1.165) is 12.8 Å². The molecule has 0 aromatic rings. The summed E-state index contributed by atoms with van der Waals surface area (Å²) >= 11 is 0. The smallest absolute Gasteiger partial charge is 0.240 e. The van der Waals surface area contributed by atoms with Gasteiger partial charge in [-0.25, -0.2) is 0 Å². The van der Waals surface area contributed by atoms with Crippen LogP contribution in [0, 0.1) is 16.7 Å². The van der Waals surface area contributed by atoms with Gasteiger partial charge in [0.1, 0.15) is 5.41 Å². The minimum atomic E-state index is -0.870. The Morgan fingerprint density at radius 2 is 1.86 bits per heavy atom. The molecule has 0 radical (unpaired) electrons. The van der Waals surface area contributed by atoms with Crippen LogP contribution in [0.3, 0.4) is 0 Å².